The van der Waals surface area contributed by atoms with Gasteiger partial charge in [0.25, 0.3) is 0 Å². The zero-order valence-electron chi connectivity index (χ0n) is 12.7. The molecule has 128 valence electrons. The standard InChI is InChI=1S/C17H14BrClO4.BrH/c1-2-22-14-9-8-12(19)10-13(14)17(21)23-16(18)15(20)11-6-4-3-5-7-11;/h3-10,16H,2H2,1H3;1H. The molecule has 0 spiro atoms. The molecule has 0 amide bonds. The van der Waals surface area contributed by atoms with E-state index in [1.54, 1.807) is 49.4 Å². The Bertz CT molecular complexity index is 707. The van der Waals surface area contributed by atoms with E-state index in [1.165, 1.54) is 6.07 Å². The molecule has 4 nitrogen and oxygen atoms in total. The van der Waals surface area contributed by atoms with Gasteiger partial charge in [-0.25, -0.2) is 4.79 Å². The molecule has 0 bridgehead atoms. The largest absolute Gasteiger partial charge is 0.493 e. The van der Waals surface area contributed by atoms with Crippen molar-refractivity contribution >= 4 is 56.3 Å². The van der Waals surface area contributed by atoms with E-state index in [0.29, 0.717) is 22.9 Å². The van der Waals surface area contributed by atoms with Crippen LogP contribution in [0.4, 0.5) is 0 Å². The van der Waals surface area contributed by atoms with Crippen molar-refractivity contribution in [2.75, 3.05) is 6.61 Å². The molecule has 0 aliphatic carbocycles. The summed E-state index contributed by atoms with van der Waals surface area (Å²) >= 11 is 9.01. The van der Waals surface area contributed by atoms with Gasteiger partial charge in [-0.15, -0.1) is 17.0 Å². The summed E-state index contributed by atoms with van der Waals surface area (Å²) in [5, 5.41) is -0.716. The van der Waals surface area contributed by atoms with Gasteiger partial charge in [0.05, 0.1) is 6.61 Å². The fraction of sp³-hybridized carbons (Fsp3) is 0.176. The van der Waals surface area contributed by atoms with E-state index in [4.69, 9.17) is 21.1 Å². The highest BCUT2D eigenvalue weighted by molar-refractivity contribution is 9.09. The lowest BCUT2D eigenvalue weighted by Gasteiger charge is -2.13. The molecule has 0 aliphatic heterocycles. The SMILES string of the molecule is Br.CCOc1ccc(Cl)cc1C(=O)OC(Br)C(=O)c1ccccc1. The first-order valence-electron chi connectivity index (χ1n) is 6.89. The van der Waals surface area contributed by atoms with Gasteiger partial charge in [0.2, 0.25) is 10.8 Å². The lowest BCUT2D eigenvalue weighted by atomic mass is 10.1. The van der Waals surface area contributed by atoms with Crippen LogP contribution in [0.3, 0.4) is 0 Å². The van der Waals surface area contributed by atoms with Gasteiger partial charge in [0, 0.05) is 10.6 Å². The average molecular weight is 479 g/mol. The highest BCUT2D eigenvalue weighted by atomic mass is 79.9. The number of rotatable bonds is 6. The number of ketones is 1. The number of ether oxygens (including phenoxy) is 2. The minimum atomic E-state index is -1.09. The number of esters is 1. The Labute approximate surface area is 164 Å². The van der Waals surface area contributed by atoms with Crippen LogP contribution >= 0.6 is 44.5 Å². The summed E-state index contributed by atoms with van der Waals surface area (Å²) in [5.74, 6) is -0.685. The molecule has 24 heavy (non-hydrogen) atoms. The van der Waals surface area contributed by atoms with Crippen LogP contribution in [-0.4, -0.2) is 23.4 Å². The molecule has 0 radical (unpaired) electrons. The van der Waals surface area contributed by atoms with Crippen LogP contribution in [-0.2, 0) is 4.74 Å². The molecule has 2 rings (SSSR count). The predicted molar refractivity (Wildman–Crippen MR) is 102 cm³/mol. The van der Waals surface area contributed by atoms with E-state index in [-0.39, 0.29) is 28.3 Å². The van der Waals surface area contributed by atoms with E-state index in [1.807, 2.05) is 0 Å². The van der Waals surface area contributed by atoms with E-state index in [2.05, 4.69) is 15.9 Å². The summed E-state index contributed by atoms with van der Waals surface area (Å²) in [7, 11) is 0. The normalized spacial score (nSPS) is 11.1. The zero-order valence-corrected chi connectivity index (χ0v) is 16.8. The number of carbonyl (C=O) groups excluding carboxylic acids is 2. The van der Waals surface area contributed by atoms with Crippen LogP contribution in [0, 0.1) is 0 Å². The van der Waals surface area contributed by atoms with E-state index in [9.17, 15) is 9.59 Å². The summed E-state index contributed by atoms with van der Waals surface area (Å²) < 4.78 is 10.6. The summed E-state index contributed by atoms with van der Waals surface area (Å²) in [6.07, 6.45) is 0. The maximum Gasteiger partial charge on any atom is 0.343 e. The van der Waals surface area contributed by atoms with Gasteiger partial charge in [0.1, 0.15) is 11.3 Å². The number of carbonyl (C=O) groups is 2. The summed E-state index contributed by atoms with van der Waals surface area (Å²) in [6.45, 7) is 2.19. The number of halogens is 3. The first-order valence-corrected chi connectivity index (χ1v) is 8.19. The Kier molecular flexibility index (Phi) is 8.45. The van der Waals surface area contributed by atoms with E-state index < -0.39 is 11.0 Å². The van der Waals surface area contributed by atoms with Gasteiger partial charge in [-0.05, 0) is 41.1 Å². The number of Topliss-reactive ketones (excluding diaryl/α,β-unsaturated/α-hetero) is 1. The Morgan fingerprint density at radius 2 is 1.83 bits per heavy atom. The van der Waals surface area contributed by atoms with Crippen molar-refractivity contribution in [2.45, 2.75) is 11.9 Å². The second-order valence-corrected chi connectivity index (χ2v) is 5.79. The Hall–Kier alpha value is -1.37. The molecule has 0 saturated carbocycles. The summed E-state index contributed by atoms with van der Waals surface area (Å²) in [5.41, 5.74) is 0.614. The molecule has 1 atom stereocenters. The Morgan fingerprint density at radius 3 is 2.46 bits per heavy atom. The molecular weight excluding hydrogens is 463 g/mol. The maximum absolute atomic E-state index is 12.3. The minimum Gasteiger partial charge on any atom is -0.493 e. The van der Waals surface area contributed by atoms with Crippen molar-refractivity contribution in [1.82, 2.24) is 0 Å². The van der Waals surface area contributed by atoms with Crippen LogP contribution in [0.5, 0.6) is 5.75 Å². The number of benzene rings is 2. The summed E-state index contributed by atoms with van der Waals surface area (Å²) in [6, 6.07) is 13.2. The van der Waals surface area contributed by atoms with Crippen LogP contribution in [0.15, 0.2) is 48.5 Å². The van der Waals surface area contributed by atoms with Crippen LogP contribution in [0.1, 0.15) is 27.6 Å². The molecule has 7 heteroatoms. The van der Waals surface area contributed by atoms with Gasteiger partial charge in [0.15, 0.2) is 0 Å². The van der Waals surface area contributed by atoms with Crippen LogP contribution < -0.4 is 4.74 Å². The smallest absolute Gasteiger partial charge is 0.343 e. The van der Waals surface area contributed by atoms with Crippen molar-refractivity contribution in [3.63, 3.8) is 0 Å². The average Bonchev–Trinajstić information content (AvgIpc) is 2.56. The second-order valence-electron chi connectivity index (χ2n) is 4.53. The highest BCUT2D eigenvalue weighted by Gasteiger charge is 2.24. The van der Waals surface area contributed by atoms with Crippen LogP contribution in [0.2, 0.25) is 5.02 Å². The third kappa shape index (κ3) is 5.33. The lowest BCUT2D eigenvalue weighted by molar-refractivity contribution is 0.0431. The minimum absolute atomic E-state index is 0. The molecule has 0 aromatic heterocycles. The topological polar surface area (TPSA) is 52.6 Å². The van der Waals surface area contributed by atoms with Crippen molar-refractivity contribution < 1.29 is 19.1 Å². The molecule has 0 heterocycles. The number of hydrogen-bond acceptors (Lipinski definition) is 4. The van der Waals surface area contributed by atoms with Crippen molar-refractivity contribution in [3.8, 4) is 5.75 Å². The van der Waals surface area contributed by atoms with Gasteiger partial charge >= 0.3 is 5.97 Å². The molecule has 0 N–H and O–H groups in total. The Balaban J connectivity index is 0.00000288. The molecule has 1 unspecified atom stereocenters. The molecule has 0 aliphatic rings. The number of alkyl halides is 1. The molecule has 2 aromatic carbocycles. The van der Waals surface area contributed by atoms with Crippen molar-refractivity contribution in [2.24, 2.45) is 0 Å². The Morgan fingerprint density at radius 1 is 1.17 bits per heavy atom. The maximum atomic E-state index is 12.3. The fourth-order valence-electron chi connectivity index (χ4n) is 1.89. The van der Waals surface area contributed by atoms with Gasteiger partial charge in [-0.2, -0.15) is 0 Å². The molecule has 0 fully saturated rings. The first-order chi connectivity index (χ1) is 11.0. The van der Waals surface area contributed by atoms with Gasteiger partial charge in [-0.1, -0.05) is 41.9 Å². The molecular formula is C17H15Br2ClO4. The number of hydrogen-bond donors (Lipinski definition) is 0. The third-order valence-corrected chi connectivity index (χ3v) is 3.77. The zero-order chi connectivity index (χ0) is 16.8. The van der Waals surface area contributed by atoms with Gasteiger partial charge in [-0.3, -0.25) is 4.79 Å². The van der Waals surface area contributed by atoms with Crippen LogP contribution in [0.25, 0.3) is 0 Å². The summed E-state index contributed by atoms with van der Waals surface area (Å²) in [4.78, 5) is 24.5. The predicted octanol–water partition coefficient (Wildman–Crippen LogP) is 5.08. The molecule has 2 aromatic rings. The quantitative estimate of drug-likeness (QED) is 0.330. The fourth-order valence-corrected chi connectivity index (χ4v) is 2.49. The van der Waals surface area contributed by atoms with Crippen molar-refractivity contribution in [3.05, 3.63) is 64.7 Å². The second kappa shape index (κ2) is 9.81. The van der Waals surface area contributed by atoms with Gasteiger partial charge < -0.3 is 9.47 Å². The van der Waals surface area contributed by atoms with E-state index in [0.717, 1.165) is 0 Å². The lowest BCUT2D eigenvalue weighted by Crippen LogP contribution is -2.22. The van der Waals surface area contributed by atoms with E-state index >= 15 is 0 Å². The third-order valence-electron chi connectivity index (χ3n) is 2.94. The monoisotopic (exact) mass is 476 g/mol. The highest BCUT2D eigenvalue weighted by Crippen LogP contribution is 2.25. The molecule has 0 saturated heterocycles. The van der Waals surface area contributed by atoms with Crippen molar-refractivity contribution in [1.29, 1.82) is 0 Å². The first kappa shape index (κ1) is 20.7.